The first-order valence-electron chi connectivity index (χ1n) is 6.93. The summed E-state index contributed by atoms with van der Waals surface area (Å²) < 4.78 is 13.9. The van der Waals surface area contributed by atoms with Gasteiger partial charge in [0.05, 0.1) is 0 Å². The van der Waals surface area contributed by atoms with Crippen LogP contribution in [0.5, 0.6) is 0 Å². The Hall–Kier alpha value is -0.970. The SMILES string of the molecule is CN1CCC(CN(C)Cc2ccc(CN)cc2F)C1. The maximum absolute atomic E-state index is 13.9. The Morgan fingerprint density at radius 2 is 2.26 bits per heavy atom. The van der Waals surface area contributed by atoms with Gasteiger partial charge in [0, 0.05) is 31.7 Å². The van der Waals surface area contributed by atoms with Gasteiger partial charge in [-0.25, -0.2) is 4.39 Å². The zero-order valence-electron chi connectivity index (χ0n) is 11.9. The summed E-state index contributed by atoms with van der Waals surface area (Å²) in [4.78, 5) is 4.57. The van der Waals surface area contributed by atoms with Gasteiger partial charge < -0.3 is 15.5 Å². The predicted molar refractivity (Wildman–Crippen MR) is 76.2 cm³/mol. The third-order valence-corrected chi connectivity index (χ3v) is 3.85. The Bertz CT molecular complexity index is 422. The van der Waals surface area contributed by atoms with Crippen LogP contribution in [0.2, 0.25) is 0 Å². The third-order valence-electron chi connectivity index (χ3n) is 3.85. The van der Waals surface area contributed by atoms with Crippen molar-refractivity contribution in [1.82, 2.24) is 9.80 Å². The Labute approximate surface area is 115 Å². The zero-order valence-corrected chi connectivity index (χ0v) is 11.9. The molecule has 1 heterocycles. The summed E-state index contributed by atoms with van der Waals surface area (Å²) >= 11 is 0. The summed E-state index contributed by atoms with van der Waals surface area (Å²) in [6, 6.07) is 5.32. The molecule has 1 aliphatic rings. The molecule has 1 fully saturated rings. The van der Waals surface area contributed by atoms with Gasteiger partial charge in [-0.3, -0.25) is 0 Å². The highest BCUT2D eigenvalue weighted by Gasteiger charge is 2.20. The van der Waals surface area contributed by atoms with Crippen molar-refractivity contribution in [2.75, 3.05) is 33.7 Å². The van der Waals surface area contributed by atoms with E-state index in [2.05, 4.69) is 23.9 Å². The van der Waals surface area contributed by atoms with E-state index in [9.17, 15) is 4.39 Å². The van der Waals surface area contributed by atoms with Crippen molar-refractivity contribution in [2.45, 2.75) is 19.5 Å². The molecule has 3 nitrogen and oxygen atoms in total. The molecule has 0 saturated carbocycles. The van der Waals surface area contributed by atoms with E-state index >= 15 is 0 Å². The number of likely N-dealkylation sites (tertiary alicyclic amines) is 1. The van der Waals surface area contributed by atoms with Crippen molar-refractivity contribution >= 4 is 0 Å². The average Bonchev–Trinajstić information content (AvgIpc) is 2.77. The smallest absolute Gasteiger partial charge is 0.128 e. The van der Waals surface area contributed by atoms with Gasteiger partial charge in [0.1, 0.15) is 5.82 Å². The van der Waals surface area contributed by atoms with Gasteiger partial charge in [-0.05, 0) is 44.6 Å². The van der Waals surface area contributed by atoms with Crippen LogP contribution in [0.4, 0.5) is 4.39 Å². The first-order valence-corrected chi connectivity index (χ1v) is 6.93. The molecule has 0 aliphatic carbocycles. The van der Waals surface area contributed by atoms with Crippen molar-refractivity contribution in [3.63, 3.8) is 0 Å². The van der Waals surface area contributed by atoms with Crippen molar-refractivity contribution in [3.05, 3.63) is 35.1 Å². The lowest BCUT2D eigenvalue weighted by Gasteiger charge is -2.21. The maximum atomic E-state index is 13.9. The molecule has 1 aliphatic heterocycles. The molecular formula is C15H24FN3. The standard InChI is InChI=1S/C15H24FN3/c1-18-6-5-13(9-18)10-19(2)11-14-4-3-12(8-17)7-15(14)16/h3-4,7,13H,5-6,8-11,17H2,1-2H3. The Balaban J connectivity index is 1.89. The average molecular weight is 265 g/mol. The lowest BCUT2D eigenvalue weighted by molar-refractivity contribution is 0.264. The molecule has 1 atom stereocenters. The summed E-state index contributed by atoms with van der Waals surface area (Å²) in [5, 5.41) is 0. The molecule has 1 aromatic rings. The lowest BCUT2D eigenvalue weighted by atomic mass is 10.1. The molecule has 0 radical (unpaired) electrons. The first-order chi connectivity index (χ1) is 9.08. The largest absolute Gasteiger partial charge is 0.326 e. The summed E-state index contributed by atoms with van der Waals surface area (Å²) in [5.74, 6) is 0.569. The van der Waals surface area contributed by atoms with Gasteiger partial charge in [0.25, 0.3) is 0 Å². The van der Waals surface area contributed by atoms with Gasteiger partial charge in [0.15, 0.2) is 0 Å². The van der Waals surface area contributed by atoms with E-state index in [1.165, 1.54) is 13.0 Å². The number of halogens is 1. The normalized spacial score (nSPS) is 20.4. The van der Waals surface area contributed by atoms with E-state index in [0.29, 0.717) is 19.0 Å². The molecule has 1 aromatic carbocycles. The van der Waals surface area contributed by atoms with E-state index < -0.39 is 0 Å². The fraction of sp³-hybridized carbons (Fsp3) is 0.600. The summed E-state index contributed by atoms with van der Waals surface area (Å²) in [7, 11) is 4.22. The number of hydrogen-bond donors (Lipinski definition) is 1. The van der Waals surface area contributed by atoms with Crippen molar-refractivity contribution in [2.24, 2.45) is 11.7 Å². The van der Waals surface area contributed by atoms with E-state index in [0.717, 1.165) is 24.2 Å². The topological polar surface area (TPSA) is 32.5 Å². The maximum Gasteiger partial charge on any atom is 0.128 e. The second-order valence-electron chi connectivity index (χ2n) is 5.74. The van der Waals surface area contributed by atoms with Crippen molar-refractivity contribution in [3.8, 4) is 0 Å². The van der Waals surface area contributed by atoms with Crippen LogP contribution in [-0.2, 0) is 13.1 Å². The van der Waals surface area contributed by atoms with Gasteiger partial charge >= 0.3 is 0 Å². The highest BCUT2D eigenvalue weighted by molar-refractivity contribution is 5.24. The van der Waals surface area contributed by atoms with Crippen LogP contribution < -0.4 is 5.73 Å². The zero-order chi connectivity index (χ0) is 13.8. The van der Waals surface area contributed by atoms with Crippen LogP contribution in [0.15, 0.2) is 18.2 Å². The molecule has 0 bridgehead atoms. The quantitative estimate of drug-likeness (QED) is 0.879. The van der Waals surface area contributed by atoms with Crippen LogP contribution in [0.25, 0.3) is 0 Å². The second kappa shape index (κ2) is 6.46. The number of nitrogens with two attached hydrogens (primary N) is 1. The summed E-state index contributed by atoms with van der Waals surface area (Å²) in [5.41, 5.74) is 7.11. The lowest BCUT2D eigenvalue weighted by Crippen LogP contribution is -2.27. The minimum atomic E-state index is -0.140. The highest BCUT2D eigenvalue weighted by Crippen LogP contribution is 2.17. The van der Waals surface area contributed by atoms with E-state index in [4.69, 9.17) is 5.73 Å². The molecule has 106 valence electrons. The second-order valence-corrected chi connectivity index (χ2v) is 5.74. The van der Waals surface area contributed by atoms with Crippen molar-refractivity contribution in [1.29, 1.82) is 0 Å². The predicted octanol–water partition coefficient (Wildman–Crippen LogP) is 1.67. The number of rotatable bonds is 5. The molecule has 4 heteroatoms. The first kappa shape index (κ1) is 14.4. The Morgan fingerprint density at radius 1 is 1.47 bits per heavy atom. The Morgan fingerprint density at radius 3 is 2.84 bits per heavy atom. The molecule has 0 spiro atoms. The molecule has 0 amide bonds. The minimum absolute atomic E-state index is 0.140. The van der Waals surface area contributed by atoms with Gasteiger partial charge in [-0.1, -0.05) is 12.1 Å². The molecular weight excluding hydrogens is 241 g/mol. The van der Waals surface area contributed by atoms with Crippen LogP contribution >= 0.6 is 0 Å². The summed E-state index contributed by atoms with van der Waals surface area (Å²) in [6.45, 7) is 4.41. The molecule has 2 rings (SSSR count). The van der Waals surface area contributed by atoms with Crippen LogP contribution in [0.1, 0.15) is 17.5 Å². The molecule has 1 saturated heterocycles. The number of hydrogen-bond acceptors (Lipinski definition) is 3. The molecule has 2 N–H and O–H groups in total. The molecule has 0 aromatic heterocycles. The molecule has 1 unspecified atom stereocenters. The van der Waals surface area contributed by atoms with Gasteiger partial charge in [-0.2, -0.15) is 0 Å². The van der Waals surface area contributed by atoms with Crippen LogP contribution in [-0.4, -0.2) is 43.5 Å². The monoisotopic (exact) mass is 265 g/mol. The van der Waals surface area contributed by atoms with Gasteiger partial charge in [-0.15, -0.1) is 0 Å². The number of nitrogens with zero attached hydrogens (tertiary/aromatic N) is 2. The summed E-state index contributed by atoms with van der Waals surface area (Å²) in [6.07, 6.45) is 1.25. The van der Waals surface area contributed by atoms with Crippen molar-refractivity contribution < 1.29 is 4.39 Å². The van der Waals surface area contributed by atoms with E-state index in [1.54, 1.807) is 6.07 Å². The van der Waals surface area contributed by atoms with Gasteiger partial charge in [0.2, 0.25) is 0 Å². The highest BCUT2D eigenvalue weighted by atomic mass is 19.1. The van der Waals surface area contributed by atoms with Crippen LogP contribution in [0, 0.1) is 11.7 Å². The Kier molecular flexibility index (Phi) is 4.91. The fourth-order valence-electron chi connectivity index (χ4n) is 2.82. The van der Waals surface area contributed by atoms with Crippen LogP contribution in [0.3, 0.4) is 0 Å². The minimum Gasteiger partial charge on any atom is -0.326 e. The molecule has 19 heavy (non-hydrogen) atoms. The number of benzene rings is 1. The third kappa shape index (κ3) is 4.00. The van der Waals surface area contributed by atoms with E-state index in [-0.39, 0.29) is 5.82 Å². The fourth-order valence-corrected chi connectivity index (χ4v) is 2.82. The van der Waals surface area contributed by atoms with E-state index in [1.807, 2.05) is 12.1 Å².